The number of hydrogen-bond acceptors (Lipinski definition) is 4. The van der Waals surface area contributed by atoms with E-state index in [9.17, 15) is 13.2 Å². The predicted molar refractivity (Wildman–Crippen MR) is 70.2 cm³/mol. The Hall–Kier alpha value is -1.91. The summed E-state index contributed by atoms with van der Waals surface area (Å²) in [6.45, 7) is 0. The maximum Gasteiger partial charge on any atom is 0.304 e. The zero-order valence-electron chi connectivity index (χ0n) is 10.6. The van der Waals surface area contributed by atoms with Gasteiger partial charge in [0.1, 0.15) is 0 Å². The molecule has 0 aliphatic heterocycles. The summed E-state index contributed by atoms with van der Waals surface area (Å²) in [5, 5.41) is 17.6. The molecule has 0 saturated heterocycles. The minimum Gasteiger partial charge on any atom is -0.481 e. The minimum absolute atomic E-state index is 0.0208. The standard InChI is InChI=1S/C13H14N2O4S/c14-8-9-2-1-3-11(6-9)20(18,19)15-12(7-13(16)17)10-4-5-10/h1-3,6,10,12,15H,4-5,7H2,(H,16,17). The van der Waals surface area contributed by atoms with E-state index in [0.717, 1.165) is 12.8 Å². The van der Waals surface area contributed by atoms with E-state index in [-0.39, 0.29) is 22.8 Å². The zero-order chi connectivity index (χ0) is 14.8. The highest BCUT2D eigenvalue weighted by molar-refractivity contribution is 7.89. The van der Waals surface area contributed by atoms with E-state index in [1.165, 1.54) is 24.3 Å². The van der Waals surface area contributed by atoms with Crippen molar-refractivity contribution in [1.29, 1.82) is 5.26 Å². The number of rotatable bonds is 6. The second-order valence-corrected chi connectivity index (χ2v) is 6.52. The lowest BCUT2D eigenvalue weighted by Gasteiger charge is -2.16. The van der Waals surface area contributed by atoms with Crippen LogP contribution in [0.1, 0.15) is 24.8 Å². The molecule has 1 aromatic rings. The first-order chi connectivity index (χ1) is 9.42. The molecule has 2 rings (SSSR count). The van der Waals surface area contributed by atoms with Gasteiger partial charge in [-0.1, -0.05) is 6.07 Å². The molecular formula is C13H14N2O4S. The van der Waals surface area contributed by atoms with Crippen molar-refractivity contribution in [2.75, 3.05) is 0 Å². The third-order valence-electron chi connectivity index (χ3n) is 3.17. The fourth-order valence-electron chi connectivity index (χ4n) is 1.99. The third kappa shape index (κ3) is 3.56. The molecule has 1 aromatic carbocycles. The number of aliphatic carboxylic acids is 1. The highest BCUT2D eigenvalue weighted by atomic mass is 32.2. The first-order valence-electron chi connectivity index (χ1n) is 6.16. The molecule has 0 heterocycles. The summed E-state index contributed by atoms with van der Waals surface area (Å²) in [6.07, 6.45) is 1.43. The number of carboxylic acid groups (broad SMARTS) is 1. The first-order valence-corrected chi connectivity index (χ1v) is 7.65. The Balaban J connectivity index is 2.20. The van der Waals surface area contributed by atoms with Gasteiger partial charge in [-0.2, -0.15) is 5.26 Å². The van der Waals surface area contributed by atoms with Crippen LogP contribution in [0.2, 0.25) is 0 Å². The van der Waals surface area contributed by atoms with Gasteiger partial charge in [-0.15, -0.1) is 0 Å². The zero-order valence-corrected chi connectivity index (χ0v) is 11.4. The van der Waals surface area contributed by atoms with E-state index in [4.69, 9.17) is 10.4 Å². The van der Waals surface area contributed by atoms with Crippen LogP contribution in [0.5, 0.6) is 0 Å². The van der Waals surface area contributed by atoms with Crippen molar-refractivity contribution in [2.45, 2.75) is 30.2 Å². The van der Waals surface area contributed by atoms with Gasteiger partial charge >= 0.3 is 5.97 Å². The van der Waals surface area contributed by atoms with Gasteiger partial charge in [-0.3, -0.25) is 4.79 Å². The third-order valence-corrected chi connectivity index (χ3v) is 4.65. The van der Waals surface area contributed by atoms with Gasteiger partial charge in [0.25, 0.3) is 0 Å². The molecule has 2 N–H and O–H groups in total. The smallest absolute Gasteiger partial charge is 0.304 e. The average Bonchev–Trinajstić information content (AvgIpc) is 3.21. The molecule has 0 spiro atoms. The topological polar surface area (TPSA) is 107 Å². The van der Waals surface area contributed by atoms with E-state index in [1.807, 2.05) is 6.07 Å². The molecular weight excluding hydrogens is 280 g/mol. The van der Waals surface area contributed by atoms with E-state index in [0.29, 0.717) is 0 Å². The summed E-state index contributed by atoms with van der Waals surface area (Å²) in [6, 6.07) is 6.92. The van der Waals surface area contributed by atoms with Gasteiger partial charge in [0.05, 0.1) is 22.9 Å². The molecule has 1 fully saturated rings. The normalized spacial score (nSPS) is 16.4. The first kappa shape index (κ1) is 14.5. The van der Waals surface area contributed by atoms with Crippen LogP contribution in [0.4, 0.5) is 0 Å². The van der Waals surface area contributed by atoms with Crippen LogP contribution in [0, 0.1) is 17.2 Å². The molecule has 0 radical (unpaired) electrons. The van der Waals surface area contributed by atoms with E-state index in [2.05, 4.69) is 4.72 Å². The largest absolute Gasteiger partial charge is 0.481 e. The van der Waals surface area contributed by atoms with Crippen molar-refractivity contribution in [3.63, 3.8) is 0 Å². The lowest BCUT2D eigenvalue weighted by Crippen LogP contribution is -2.38. The van der Waals surface area contributed by atoms with E-state index in [1.54, 1.807) is 0 Å². The van der Waals surface area contributed by atoms with Gasteiger partial charge in [-0.05, 0) is 37.0 Å². The van der Waals surface area contributed by atoms with Gasteiger partial charge in [-0.25, -0.2) is 13.1 Å². The Morgan fingerprint density at radius 3 is 2.75 bits per heavy atom. The number of nitrogens with one attached hydrogen (secondary N) is 1. The molecule has 1 unspecified atom stereocenters. The van der Waals surface area contributed by atoms with Crippen molar-refractivity contribution >= 4 is 16.0 Å². The number of sulfonamides is 1. The van der Waals surface area contributed by atoms with Crippen LogP contribution in [-0.4, -0.2) is 25.5 Å². The number of nitriles is 1. The predicted octanol–water partition coefficient (Wildman–Crippen LogP) is 1.09. The number of nitrogens with zero attached hydrogens (tertiary/aromatic N) is 1. The summed E-state index contributed by atoms with van der Waals surface area (Å²) < 4.78 is 26.9. The molecule has 106 valence electrons. The summed E-state index contributed by atoms with van der Waals surface area (Å²) in [4.78, 5) is 10.8. The van der Waals surface area contributed by atoms with Crippen molar-refractivity contribution in [2.24, 2.45) is 5.92 Å². The summed E-state index contributed by atoms with van der Waals surface area (Å²) >= 11 is 0. The second kappa shape index (κ2) is 5.61. The molecule has 6 nitrogen and oxygen atoms in total. The maximum absolute atomic E-state index is 12.2. The van der Waals surface area contributed by atoms with E-state index >= 15 is 0 Å². The van der Waals surface area contributed by atoms with Gasteiger partial charge in [0, 0.05) is 6.04 Å². The van der Waals surface area contributed by atoms with Crippen LogP contribution in [0.25, 0.3) is 0 Å². The fourth-order valence-corrected chi connectivity index (χ4v) is 3.34. The average molecular weight is 294 g/mol. The number of benzene rings is 1. The fraction of sp³-hybridized carbons (Fsp3) is 0.385. The summed E-state index contributed by atoms with van der Waals surface area (Å²) in [5.74, 6) is -0.949. The van der Waals surface area contributed by atoms with Gasteiger partial charge in [0.15, 0.2) is 0 Å². The van der Waals surface area contributed by atoms with Crippen molar-refractivity contribution in [3.8, 4) is 6.07 Å². The lowest BCUT2D eigenvalue weighted by molar-refractivity contribution is -0.137. The molecule has 1 atom stereocenters. The molecule has 0 amide bonds. The Labute approximate surface area is 117 Å². The minimum atomic E-state index is -3.81. The van der Waals surface area contributed by atoms with Crippen molar-refractivity contribution < 1.29 is 18.3 Å². The Kier molecular flexibility index (Phi) is 4.06. The Bertz CT molecular complexity index is 659. The Morgan fingerprint density at radius 2 is 2.20 bits per heavy atom. The summed E-state index contributed by atoms with van der Waals surface area (Å²) in [7, 11) is -3.81. The highest BCUT2D eigenvalue weighted by Gasteiger charge is 2.35. The quantitative estimate of drug-likeness (QED) is 0.816. The van der Waals surface area contributed by atoms with Crippen LogP contribution >= 0.6 is 0 Å². The second-order valence-electron chi connectivity index (χ2n) is 4.80. The molecule has 20 heavy (non-hydrogen) atoms. The molecule has 1 aliphatic rings. The molecule has 0 bridgehead atoms. The monoisotopic (exact) mass is 294 g/mol. The van der Waals surface area contributed by atoms with Crippen LogP contribution < -0.4 is 4.72 Å². The lowest BCUT2D eigenvalue weighted by atomic mass is 10.1. The van der Waals surface area contributed by atoms with Gasteiger partial charge < -0.3 is 5.11 Å². The molecule has 7 heteroatoms. The summed E-state index contributed by atoms with van der Waals surface area (Å²) in [5.41, 5.74) is 0.245. The SMILES string of the molecule is N#Cc1cccc(S(=O)(=O)NC(CC(=O)O)C2CC2)c1. The van der Waals surface area contributed by atoms with Crippen molar-refractivity contribution in [1.82, 2.24) is 4.72 Å². The van der Waals surface area contributed by atoms with Crippen LogP contribution in [-0.2, 0) is 14.8 Å². The number of carbonyl (C=O) groups is 1. The molecule has 1 aliphatic carbocycles. The number of hydrogen-bond donors (Lipinski definition) is 2. The number of carboxylic acids is 1. The van der Waals surface area contributed by atoms with Crippen LogP contribution in [0.15, 0.2) is 29.2 Å². The van der Waals surface area contributed by atoms with E-state index < -0.39 is 22.0 Å². The molecule has 1 saturated carbocycles. The maximum atomic E-state index is 12.2. The Morgan fingerprint density at radius 1 is 1.50 bits per heavy atom. The van der Waals surface area contributed by atoms with Gasteiger partial charge in [0.2, 0.25) is 10.0 Å². The van der Waals surface area contributed by atoms with Crippen molar-refractivity contribution in [3.05, 3.63) is 29.8 Å². The molecule has 0 aromatic heterocycles. The highest BCUT2D eigenvalue weighted by Crippen LogP contribution is 2.34. The van der Waals surface area contributed by atoms with Crippen LogP contribution in [0.3, 0.4) is 0 Å².